The third kappa shape index (κ3) is 0.741. The highest BCUT2D eigenvalue weighted by Gasteiger charge is 1.91. The molecule has 5 heteroatoms. The summed E-state index contributed by atoms with van der Waals surface area (Å²) < 4.78 is 4.52. The van der Waals surface area contributed by atoms with Crippen molar-refractivity contribution >= 4 is 12.2 Å². The molecule has 0 atom stereocenters. The van der Waals surface area contributed by atoms with Crippen LogP contribution in [0.3, 0.4) is 0 Å². The highest BCUT2D eigenvalue weighted by molar-refractivity contribution is 7.71. The Hall–Kier alpha value is -1.15. The Morgan fingerprint density at radius 2 is 2.62 bits per heavy atom. The quantitative estimate of drug-likeness (QED) is 0.518. The SMILES string of the molecule is N#Cc1n[nH]c(=S)o1. The molecule has 0 aliphatic rings. The molecular formula is C3HN3OS. The average Bonchev–Trinajstić information content (AvgIpc) is 2.14. The second-order valence-corrected chi connectivity index (χ2v) is 1.40. The molecule has 1 rings (SSSR count). The van der Waals surface area contributed by atoms with Crippen molar-refractivity contribution in [3.05, 3.63) is 10.7 Å². The van der Waals surface area contributed by atoms with Gasteiger partial charge >= 0.3 is 5.89 Å². The molecule has 0 amide bonds. The van der Waals surface area contributed by atoms with E-state index in [9.17, 15) is 0 Å². The van der Waals surface area contributed by atoms with Crippen molar-refractivity contribution in [3.8, 4) is 6.07 Å². The highest BCUT2D eigenvalue weighted by atomic mass is 32.1. The van der Waals surface area contributed by atoms with Gasteiger partial charge in [0, 0.05) is 0 Å². The fourth-order valence-corrected chi connectivity index (χ4v) is 0.402. The van der Waals surface area contributed by atoms with Crippen LogP contribution in [0.2, 0.25) is 0 Å². The fourth-order valence-electron chi connectivity index (χ4n) is 0.278. The van der Waals surface area contributed by atoms with Crippen LogP contribution >= 0.6 is 12.2 Å². The fraction of sp³-hybridized carbons (Fsp3) is 0. The minimum absolute atomic E-state index is 0.0324. The molecule has 0 aliphatic carbocycles. The maximum Gasteiger partial charge on any atom is 0.319 e. The predicted octanol–water partition coefficient (Wildman–Crippen LogP) is 0.604. The maximum absolute atomic E-state index is 8.08. The van der Waals surface area contributed by atoms with Gasteiger partial charge in [-0.25, -0.2) is 5.10 Å². The van der Waals surface area contributed by atoms with E-state index in [1.807, 2.05) is 0 Å². The number of nitrogens with one attached hydrogen (secondary N) is 1. The molecule has 0 aliphatic heterocycles. The second kappa shape index (κ2) is 1.76. The van der Waals surface area contributed by atoms with Crippen molar-refractivity contribution in [2.45, 2.75) is 0 Å². The molecule has 0 unspecified atom stereocenters. The maximum atomic E-state index is 8.08. The van der Waals surface area contributed by atoms with Crippen LogP contribution in [0.25, 0.3) is 0 Å². The molecule has 0 bridgehead atoms. The van der Waals surface area contributed by atoms with Crippen LogP contribution in [0.1, 0.15) is 5.89 Å². The van der Waals surface area contributed by atoms with Crippen LogP contribution in [0.15, 0.2) is 4.42 Å². The molecule has 4 nitrogen and oxygen atoms in total. The number of aromatic amines is 1. The number of nitrogens with zero attached hydrogens (tertiary/aromatic N) is 2. The lowest BCUT2D eigenvalue weighted by molar-refractivity contribution is 0.523. The van der Waals surface area contributed by atoms with Crippen LogP contribution in [0, 0.1) is 16.2 Å². The van der Waals surface area contributed by atoms with Gasteiger partial charge in [0.1, 0.15) is 0 Å². The largest absolute Gasteiger partial charge is 0.401 e. The third-order valence-electron chi connectivity index (χ3n) is 0.534. The molecule has 40 valence electrons. The molecule has 0 saturated carbocycles. The topological polar surface area (TPSA) is 65.6 Å². The van der Waals surface area contributed by atoms with Crippen molar-refractivity contribution in [3.63, 3.8) is 0 Å². The summed E-state index contributed by atoms with van der Waals surface area (Å²) in [6.07, 6.45) is 0. The number of rotatable bonds is 0. The van der Waals surface area contributed by atoms with E-state index in [1.54, 1.807) is 6.07 Å². The van der Waals surface area contributed by atoms with Gasteiger partial charge < -0.3 is 4.42 Å². The summed E-state index contributed by atoms with van der Waals surface area (Å²) in [6.45, 7) is 0. The minimum Gasteiger partial charge on any atom is -0.401 e. The van der Waals surface area contributed by atoms with Crippen molar-refractivity contribution in [2.75, 3.05) is 0 Å². The van der Waals surface area contributed by atoms with Crippen molar-refractivity contribution in [1.82, 2.24) is 10.2 Å². The van der Waals surface area contributed by atoms with Gasteiger partial charge in [-0.15, -0.1) is 5.10 Å². The first-order valence-corrected chi connectivity index (χ1v) is 2.19. The first-order valence-electron chi connectivity index (χ1n) is 1.78. The molecule has 0 aromatic carbocycles. The van der Waals surface area contributed by atoms with Crippen molar-refractivity contribution in [2.24, 2.45) is 0 Å². The second-order valence-electron chi connectivity index (χ2n) is 1.03. The highest BCUT2D eigenvalue weighted by Crippen LogP contribution is 1.88. The van der Waals surface area contributed by atoms with E-state index in [1.165, 1.54) is 0 Å². The van der Waals surface area contributed by atoms with Gasteiger partial charge in [-0.1, -0.05) is 0 Å². The van der Waals surface area contributed by atoms with Gasteiger partial charge in [0.15, 0.2) is 6.07 Å². The van der Waals surface area contributed by atoms with E-state index in [0.717, 1.165) is 0 Å². The first-order chi connectivity index (χ1) is 3.83. The van der Waals surface area contributed by atoms with E-state index < -0.39 is 0 Å². The van der Waals surface area contributed by atoms with E-state index in [0.29, 0.717) is 0 Å². The van der Waals surface area contributed by atoms with E-state index >= 15 is 0 Å². The molecule has 8 heavy (non-hydrogen) atoms. The average molecular weight is 127 g/mol. The lowest BCUT2D eigenvalue weighted by atomic mass is 10.8. The minimum atomic E-state index is -0.0324. The third-order valence-corrected chi connectivity index (χ3v) is 0.708. The number of aromatic nitrogens is 2. The summed E-state index contributed by atoms with van der Waals surface area (Å²) in [5, 5.41) is 13.8. The molecular weight excluding hydrogens is 126 g/mol. The summed E-state index contributed by atoms with van der Waals surface area (Å²) in [5.41, 5.74) is 0. The first kappa shape index (κ1) is 5.00. The van der Waals surface area contributed by atoms with Gasteiger partial charge in [-0.2, -0.15) is 5.26 Å². The molecule has 0 saturated heterocycles. The standard InChI is InChI=1S/C3HN3OS/c4-1-2-5-6-3(8)7-2/h(H,6,8). The Bertz CT molecular complexity index is 267. The number of hydrogen-bond acceptors (Lipinski definition) is 4. The van der Waals surface area contributed by atoms with Crippen molar-refractivity contribution < 1.29 is 4.42 Å². The molecule has 1 N–H and O–H groups in total. The van der Waals surface area contributed by atoms with E-state index in [4.69, 9.17) is 5.26 Å². The van der Waals surface area contributed by atoms with Gasteiger partial charge in [0.25, 0.3) is 4.84 Å². The van der Waals surface area contributed by atoms with Crippen LogP contribution < -0.4 is 0 Å². The molecule has 0 spiro atoms. The zero-order valence-corrected chi connectivity index (χ0v) is 4.53. The monoisotopic (exact) mass is 127 g/mol. The van der Waals surface area contributed by atoms with Crippen LogP contribution in [0.4, 0.5) is 0 Å². The normalized spacial score (nSPS) is 8.38. The lowest BCUT2D eigenvalue weighted by Crippen LogP contribution is -1.68. The van der Waals surface area contributed by atoms with Gasteiger partial charge in [0.2, 0.25) is 0 Å². The predicted molar refractivity (Wildman–Crippen MR) is 26.4 cm³/mol. The Morgan fingerprint density at radius 1 is 1.88 bits per heavy atom. The zero-order chi connectivity index (χ0) is 5.98. The van der Waals surface area contributed by atoms with Gasteiger partial charge in [0.05, 0.1) is 0 Å². The summed E-state index contributed by atoms with van der Waals surface area (Å²) in [5.74, 6) is -0.0324. The lowest BCUT2D eigenvalue weighted by Gasteiger charge is -1.61. The Balaban J connectivity index is 3.25. The van der Waals surface area contributed by atoms with Crippen LogP contribution in [-0.4, -0.2) is 10.2 Å². The Labute approximate surface area is 49.7 Å². The van der Waals surface area contributed by atoms with Crippen LogP contribution in [0.5, 0.6) is 0 Å². The summed E-state index contributed by atoms with van der Waals surface area (Å²) >= 11 is 4.46. The number of hydrogen-bond donors (Lipinski definition) is 1. The molecule has 0 radical (unpaired) electrons. The Morgan fingerprint density at radius 3 is 2.88 bits per heavy atom. The molecule has 0 fully saturated rings. The number of H-pyrrole nitrogens is 1. The number of nitriles is 1. The van der Waals surface area contributed by atoms with E-state index in [-0.39, 0.29) is 10.7 Å². The Kier molecular flexibility index (Phi) is 1.10. The zero-order valence-electron chi connectivity index (χ0n) is 3.71. The smallest absolute Gasteiger partial charge is 0.319 e. The van der Waals surface area contributed by atoms with Gasteiger partial charge in [-0.05, 0) is 12.2 Å². The van der Waals surface area contributed by atoms with Crippen LogP contribution in [-0.2, 0) is 0 Å². The summed E-state index contributed by atoms with van der Waals surface area (Å²) in [6, 6.07) is 1.67. The van der Waals surface area contributed by atoms with Crippen molar-refractivity contribution in [1.29, 1.82) is 5.26 Å². The van der Waals surface area contributed by atoms with Gasteiger partial charge in [-0.3, -0.25) is 0 Å². The molecule has 1 heterocycles. The van der Waals surface area contributed by atoms with E-state index in [2.05, 4.69) is 26.8 Å². The molecule has 1 aromatic heterocycles. The molecule has 1 aromatic rings. The summed E-state index contributed by atoms with van der Waals surface area (Å²) in [7, 11) is 0. The summed E-state index contributed by atoms with van der Waals surface area (Å²) in [4.78, 5) is 0.126.